The fraction of sp³-hybridized carbons (Fsp3) is 0.318. The highest BCUT2D eigenvalue weighted by atomic mass is 19.1. The summed E-state index contributed by atoms with van der Waals surface area (Å²) in [6.45, 7) is 2.61. The van der Waals surface area contributed by atoms with Crippen molar-refractivity contribution < 1.29 is 9.18 Å². The second-order valence-electron chi connectivity index (χ2n) is 8.89. The van der Waals surface area contributed by atoms with Crippen molar-refractivity contribution in [3.8, 4) is 0 Å². The first-order valence-corrected chi connectivity index (χ1v) is 10.3. The van der Waals surface area contributed by atoms with Crippen LogP contribution in [0.15, 0.2) is 36.8 Å². The number of hydrogen-bond donors (Lipinski definition) is 2. The van der Waals surface area contributed by atoms with Crippen LogP contribution >= 0.6 is 0 Å². The second-order valence-corrected chi connectivity index (χ2v) is 8.89. The van der Waals surface area contributed by atoms with Gasteiger partial charge in [-0.3, -0.25) is 9.48 Å². The number of halogens is 1. The molecule has 0 radical (unpaired) electrons. The van der Waals surface area contributed by atoms with Crippen LogP contribution in [0.3, 0.4) is 0 Å². The smallest absolute Gasteiger partial charge is 0.257 e. The zero-order chi connectivity index (χ0) is 21.5. The molecule has 31 heavy (non-hydrogen) atoms. The Hall–Kier alpha value is -3.46. The molecule has 2 aliphatic heterocycles. The summed E-state index contributed by atoms with van der Waals surface area (Å²) in [4.78, 5) is 19.6. The minimum absolute atomic E-state index is 0.0936. The molecule has 9 heteroatoms. The van der Waals surface area contributed by atoms with Crippen LogP contribution in [0.4, 0.5) is 15.8 Å². The van der Waals surface area contributed by atoms with E-state index in [1.54, 1.807) is 34.5 Å². The summed E-state index contributed by atoms with van der Waals surface area (Å²) in [5, 5.41) is 8.26. The van der Waals surface area contributed by atoms with Crippen LogP contribution in [-0.2, 0) is 7.05 Å². The van der Waals surface area contributed by atoms with Gasteiger partial charge in [-0.05, 0) is 31.9 Å². The number of aromatic nitrogens is 4. The van der Waals surface area contributed by atoms with Gasteiger partial charge in [0.05, 0.1) is 16.9 Å². The van der Waals surface area contributed by atoms with E-state index in [9.17, 15) is 9.18 Å². The summed E-state index contributed by atoms with van der Waals surface area (Å²) in [7, 11) is 1.84. The molecule has 1 amide bonds. The van der Waals surface area contributed by atoms with Crippen molar-refractivity contribution in [1.29, 1.82) is 0 Å². The van der Waals surface area contributed by atoms with Crippen LogP contribution < -0.4 is 16.0 Å². The highest BCUT2D eigenvalue weighted by Gasteiger charge is 2.53. The van der Waals surface area contributed by atoms with Crippen LogP contribution in [0, 0.1) is 12.7 Å². The molecule has 0 atom stereocenters. The van der Waals surface area contributed by atoms with Crippen molar-refractivity contribution in [2.75, 3.05) is 16.8 Å². The number of rotatable bonds is 3. The normalized spacial score (nSPS) is 22.3. The third-order valence-corrected chi connectivity index (χ3v) is 6.42. The number of benzene rings is 1. The molecule has 1 aromatic carbocycles. The van der Waals surface area contributed by atoms with Gasteiger partial charge in [0.2, 0.25) is 0 Å². The Morgan fingerprint density at radius 3 is 2.84 bits per heavy atom. The maximum Gasteiger partial charge on any atom is 0.257 e. The molecular weight excluding hydrogens is 397 g/mol. The highest BCUT2D eigenvalue weighted by Crippen LogP contribution is 2.46. The van der Waals surface area contributed by atoms with E-state index in [4.69, 9.17) is 5.73 Å². The van der Waals surface area contributed by atoms with Crippen molar-refractivity contribution in [2.24, 2.45) is 12.8 Å². The Morgan fingerprint density at radius 2 is 2.10 bits per heavy atom. The maximum atomic E-state index is 14.4. The molecule has 4 aromatic rings. The topological polar surface area (TPSA) is 93.5 Å². The van der Waals surface area contributed by atoms with Gasteiger partial charge in [0.15, 0.2) is 11.5 Å². The van der Waals surface area contributed by atoms with E-state index in [2.05, 4.69) is 20.3 Å². The molecule has 0 unspecified atom stereocenters. The largest absolute Gasteiger partial charge is 0.366 e. The predicted octanol–water partition coefficient (Wildman–Crippen LogP) is 2.60. The lowest BCUT2D eigenvalue weighted by molar-refractivity contribution is 0.102. The molecule has 0 spiro atoms. The summed E-state index contributed by atoms with van der Waals surface area (Å²) in [6, 6.07) is 5.48. The number of nitrogens with one attached hydrogen (secondary N) is 1. The van der Waals surface area contributed by atoms with Gasteiger partial charge in [-0.1, -0.05) is 0 Å². The van der Waals surface area contributed by atoms with E-state index in [-0.39, 0.29) is 17.1 Å². The van der Waals surface area contributed by atoms with Gasteiger partial charge in [0, 0.05) is 60.9 Å². The molecule has 1 aliphatic carbocycles. The Morgan fingerprint density at radius 1 is 1.29 bits per heavy atom. The number of fused-ring (bicyclic) bond motifs is 3. The lowest BCUT2D eigenvalue weighted by Gasteiger charge is -2.33. The number of imidazole rings is 1. The molecule has 158 valence electrons. The maximum absolute atomic E-state index is 14.4. The summed E-state index contributed by atoms with van der Waals surface area (Å²) < 4.78 is 17.7. The van der Waals surface area contributed by atoms with Crippen LogP contribution in [0.2, 0.25) is 0 Å². The minimum atomic E-state index is -0.493. The first-order chi connectivity index (χ1) is 14.8. The van der Waals surface area contributed by atoms with Crippen LogP contribution in [0.25, 0.3) is 16.6 Å². The monoisotopic (exact) mass is 419 g/mol. The van der Waals surface area contributed by atoms with Gasteiger partial charge in [-0.25, -0.2) is 9.37 Å². The predicted molar refractivity (Wildman–Crippen MR) is 116 cm³/mol. The average Bonchev–Trinajstić information content (AvgIpc) is 3.40. The number of carbonyl (C=O) groups excluding carboxylic acids is 1. The SMILES string of the molecule is Cc1cn2cc(NC(=O)c3ccc(N4CC5(N)CC4C5)c4cn(C)nc34)cc(F)c2n1. The summed E-state index contributed by atoms with van der Waals surface area (Å²) >= 11 is 0. The summed E-state index contributed by atoms with van der Waals surface area (Å²) in [5.74, 6) is -0.834. The van der Waals surface area contributed by atoms with Crippen molar-refractivity contribution >= 4 is 33.8 Å². The van der Waals surface area contributed by atoms with E-state index >= 15 is 0 Å². The first kappa shape index (κ1) is 18.3. The fourth-order valence-corrected chi connectivity index (χ4v) is 5.06. The number of hydrogen-bond acceptors (Lipinski definition) is 5. The quantitative estimate of drug-likeness (QED) is 0.532. The lowest BCUT2D eigenvalue weighted by Crippen LogP contribution is -2.48. The molecule has 8 nitrogen and oxygen atoms in total. The van der Waals surface area contributed by atoms with Crippen molar-refractivity contribution in [3.05, 3.63) is 53.9 Å². The highest BCUT2D eigenvalue weighted by molar-refractivity contribution is 6.14. The number of nitrogens with two attached hydrogens (primary N) is 1. The van der Waals surface area contributed by atoms with Gasteiger partial charge < -0.3 is 20.4 Å². The Balaban J connectivity index is 1.37. The van der Waals surface area contributed by atoms with Gasteiger partial charge >= 0.3 is 0 Å². The third kappa shape index (κ3) is 2.73. The van der Waals surface area contributed by atoms with Gasteiger partial charge in [-0.15, -0.1) is 0 Å². The van der Waals surface area contributed by atoms with Gasteiger partial charge in [0.1, 0.15) is 5.52 Å². The van der Waals surface area contributed by atoms with Gasteiger partial charge in [0.25, 0.3) is 5.91 Å². The number of carbonyl (C=O) groups is 1. The zero-order valence-corrected chi connectivity index (χ0v) is 17.3. The van der Waals surface area contributed by atoms with E-state index < -0.39 is 5.82 Å². The minimum Gasteiger partial charge on any atom is -0.366 e. The zero-order valence-electron chi connectivity index (χ0n) is 17.3. The van der Waals surface area contributed by atoms with Crippen molar-refractivity contribution in [3.63, 3.8) is 0 Å². The molecule has 1 saturated carbocycles. The van der Waals surface area contributed by atoms with Crippen molar-refractivity contribution in [1.82, 2.24) is 19.2 Å². The van der Waals surface area contributed by atoms with E-state index in [1.165, 1.54) is 6.07 Å². The summed E-state index contributed by atoms with van der Waals surface area (Å²) in [6.07, 6.45) is 7.29. The number of pyridine rings is 1. The lowest BCUT2D eigenvalue weighted by atomic mass is 9.79. The molecule has 5 heterocycles. The standard InChI is InChI=1S/C22H22FN7O/c1-12-8-29-9-13(5-17(23)20(29)25-12)26-21(31)15-3-4-18(16-10-28(2)27-19(15)16)30-11-22(24)6-14(30)7-22/h3-5,8-10,14H,6-7,11,24H2,1-2H3,(H,26,31). The van der Waals surface area contributed by atoms with E-state index in [0.29, 0.717) is 28.5 Å². The molecule has 2 saturated heterocycles. The average molecular weight is 419 g/mol. The van der Waals surface area contributed by atoms with Crippen LogP contribution in [0.5, 0.6) is 0 Å². The number of aryl methyl sites for hydroxylation is 2. The molecule has 3 fully saturated rings. The molecule has 2 bridgehead atoms. The van der Waals surface area contributed by atoms with E-state index in [1.807, 2.05) is 19.3 Å². The Kier molecular flexibility index (Phi) is 3.57. The van der Waals surface area contributed by atoms with Crippen LogP contribution in [-0.4, -0.2) is 43.2 Å². The molecule has 7 rings (SSSR count). The first-order valence-electron chi connectivity index (χ1n) is 10.3. The molecular formula is C22H22FN7O. The second kappa shape index (κ2) is 6.04. The molecule has 3 aliphatic rings. The van der Waals surface area contributed by atoms with E-state index in [0.717, 1.165) is 30.5 Å². The number of anilines is 2. The number of amides is 1. The summed E-state index contributed by atoms with van der Waals surface area (Å²) in [5.41, 5.74) is 9.68. The molecule has 3 aromatic heterocycles. The van der Waals surface area contributed by atoms with Gasteiger partial charge in [-0.2, -0.15) is 5.10 Å². The fourth-order valence-electron chi connectivity index (χ4n) is 5.06. The third-order valence-electron chi connectivity index (χ3n) is 6.42. The molecule has 3 N–H and O–H groups in total. The number of nitrogens with zero attached hydrogens (tertiary/aromatic N) is 5. The van der Waals surface area contributed by atoms with Crippen LogP contribution in [0.1, 0.15) is 28.9 Å². The Bertz CT molecular complexity index is 1380. The Labute approximate surface area is 177 Å². The van der Waals surface area contributed by atoms with Crippen molar-refractivity contribution in [2.45, 2.75) is 31.3 Å².